The van der Waals surface area contributed by atoms with Gasteiger partial charge in [0.15, 0.2) is 6.19 Å². The number of rotatable bonds is 0. The fourth-order valence-electron chi connectivity index (χ4n) is 0. The first-order valence-corrected chi connectivity index (χ1v) is 0.512. The van der Waals surface area contributed by atoms with Crippen molar-refractivity contribution in [3.63, 3.8) is 0 Å². The average Bonchev–Trinajstić information content (AvgIpc) is 0.918. The van der Waals surface area contributed by atoms with Crippen LogP contribution in [0.5, 0.6) is 0 Å². The van der Waals surface area contributed by atoms with E-state index in [1.807, 2.05) is 0 Å². The van der Waals surface area contributed by atoms with E-state index >= 15 is 0 Å². The van der Waals surface area contributed by atoms with Crippen molar-refractivity contribution < 1.29 is 18.2 Å². The molecule has 0 unspecified atom stereocenters. The molecule has 0 aromatic rings. The zero-order valence-electron chi connectivity index (χ0n) is 2.86. The fraction of sp³-hybridized carbons (Fsp3) is 0. The van der Waals surface area contributed by atoms with Crippen LogP contribution in [0.2, 0.25) is 0 Å². The number of nitrogens with two attached hydrogens (primary N) is 1. The van der Waals surface area contributed by atoms with E-state index in [9.17, 15) is 0 Å². The first-order chi connectivity index (χ1) is 1.41. The van der Waals surface area contributed by atoms with Crippen molar-refractivity contribution in [3.05, 3.63) is 0 Å². The molecule has 0 amide bonds. The minimum atomic E-state index is 0. The van der Waals surface area contributed by atoms with Gasteiger partial charge < -0.3 is 5.73 Å². The van der Waals surface area contributed by atoms with E-state index in [0.717, 1.165) is 0 Å². The summed E-state index contributed by atoms with van der Waals surface area (Å²) in [7, 11) is 0. The molecule has 0 aromatic heterocycles. The second-order valence-electron chi connectivity index (χ2n) is 0.129. The van der Waals surface area contributed by atoms with Gasteiger partial charge in [0.05, 0.1) is 0 Å². The van der Waals surface area contributed by atoms with Crippen LogP contribution in [-0.4, -0.2) is 0 Å². The molecule has 0 atom stereocenters. The van der Waals surface area contributed by atoms with Gasteiger partial charge in [-0.15, -0.1) is 0 Å². The van der Waals surface area contributed by atoms with Crippen LogP contribution in [-0.2, 0) is 16.8 Å². The van der Waals surface area contributed by atoms with Gasteiger partial charge in [0.2, 0.25) is 0 Å². The predicted molar refractivity (Wildman–Crippen MR) is 10.9 cm³/mol. The van der Waals surface area contributed by atoms with Gasteiger partial charge in [-0.25, -0.2) is 0 Å². The molecule has 2 nitrogen and oxygen atoms in total. The molecule has 0 saturated carbocycles. The summed E-state index contributed by atoms with van der Waals surface area (Å²) in [5.41, 5.74) is 4.15. The molecule has 0 rings (SSSR count). The fourth-order valence-corrected chi connectivity index (χ4v) is 0. The normalized spacial score (nSPS) is 1.75. The summed E-state index contributed by atoms with van der Waals surface area (Å²) in [6.07, 6.45) is 1.25. The summed E-state index contributed by atoms with van der Waals surface area (Å²) < 4.78 is 0. The SMILES string of the molecule is N#CN.[Co].[H+]. The maximum atomic E-state index is 7.10. The molecule has 1 radical (unpaired) electrons. The third-order valence-electron chi connectivity index (χ3n) is 0. The molecule has 0 aromatic carbocycles. The van der Waals surface area contributed by atoms with Crippen LogP contribution in [0.15, 0.2) is 0 Å². The Labute approximate surface area is 36.3 Å². The van der Waals surface area contributed by atoms with Gasteiger partial charge in [-0.1, -0.05) is 0 Å². The van der Waals surface area contributed by atoms with Crippen LogP contribution in [0.4, 0.5) is 0 Å². The monoisotopic (exact) mass is 102 g/mol. The second kappa shape index (κ2) is 14.2. The molecule has 0 aliphatic heterocycles. The molecule has 0 spiro atoms. The topological polar surface area (TPSA) is 49.8 Å². The molecule has 0 aliphatic rings. The van der Waals surface area contributed by atoms with Gasteiger partial charge in [-0.2, -0.15) is 5.26 Å². The molecule has 3 heteroatoms. The van der Waals surface area contributed by atoms with Crippen LogP contribution in [0.3, 0.4) is 0 Å². The van der Waals surface area contributed by atoms with E-state index in [2.05, 4.69) is 5.73 Å². The molecule has 2 N–H and O–H groups in total. The summed E-state index contributed by atoms with van der Waals surface area (Å²) >= 11 is 0. The third kappa shape index (κ3) is 27.5. The van der Waals surface area contributed by atoms with Crippen molar-refractivity contribution in [2.75, 3.05) is 0 Å². The minimum Gasteiger partial charge on any atom is -0.337 e. The van der Waals surface area contributed by atoms with Crippen LogP contribution in [0.25, 0.3) is 0 Å². The van der Waals surface area contributed by atoms with Gasteiger partial charge in [0.1, 0.15) is 0 Å². The van der Waals surface area contributed by atoms with E-state index < -0.39 is 0 Å². The molecule has 4 heavy (non-hydrogen) atoms. The largest absolute Gasteiger partial charge is 1.00 e. The molecule has 0 saturated heterocycles. The molecule has 0 bridgehead atoms. The van der Waals surface area contributed by atoms with Crippen molar-refractivity contribution in [2.24, 2.45) is 5.73 Å². The zero-order valence-corrected chi connectivity index (χ0v) is 2.90. The van der Waals surface area contributed by atoms with Crippen LogP contribution in [0.1, 0.15) is 1.43 Å². The van der Waals surface area contributed by atoms with Crippen molar-refractivity contribution in [1.82, 2.24) is 0 Å². The number of hydrogen-bond donors (Lipinski definition) is 1. The maximum Gasteiger partial charge on any atom is 1.00 e. The van der Waals surface area contributed by atoms with Gasteiger partial charge in [-0.3, -0.25) is 0 Å². The van der Waals surface area contributed by atoms with E-state index in [0.29, 0.717) is 0 Å². The van der Waals surface area contributed by atoms with Gasteiger partial charge in [-0.05, 0) is 0 Å². The second-order valence-corrected chi connectivity index (χ2v) is 0.129. The Morgan fingerprint density at radius 3 is 2.00 bits per heavy atom. The van der Waals surface area contributed by atoms with Gasteiger partial charge in [0, 0.05) is 16.8 Å². The Bertz CT molecular complexity index is 31.1. The van der Waals surface area contributed by atoms with Crippen molar-refractivity contribution in [1.29, 1.82) is 5.26 Å². The predicted octanol–water partition coefficient (Wildman–Crippen LogP) is -0.464. The molecular weight excluding hydrogens is 99.0 g/mol. The molecule has 0 fully saturated rings. The molecule has 0 aliphatic carbocycles. The Hall–Kier alpha value is -0.204. The Morgan fingerprint density at radius 2 is 2.00 bits per heavy atom. The quantitative estimate of drug-likeness (QED) is 0.332. The number of nitrogens with zero attached hydrogens (tertiary/aromatic N) is 1. The summed E-state index contributed by atoms with van der Waals surface area (Å²) in [4.78, 5) is 0. The first kappa shape index (κ1) is 9.20. The summed E-state index contributed by atoms with van der Waals surface area (Å²) in [5, 5.41) is 7.10. The van der Waals surface area contributed by atoms with Crippen LogP contribution >= 0.6 is 0 Å². The van der Waals surface area contributed by atoms with Crippen molar-refractivity contribution >= 4 is 0 Å². The smallest absolute Gasteiger partial charge is 0.337 e. The number of hydrogen-bond acceptors (Lipinski definition) is 2. The minimum absolute atomic E-state index is 0. The molecule has 25 valence electrons. The zero-order chi connectivity index (χ0) is 2.71. The Morgan fingerprint density at radius 1 is 2.00 bits per heavy atom. The summed E-state index contributed by atoms with van der Waals surface area (Å²) in [6.45, 7) is 0. The van der Waals surface area contributed by atoms with Crippen LogP contribution < -0.4 is 5.73 Å². The van der Waals surface area contributed by atoms with Crippen molar-refractivity contribution in [3.8, 4) is 6.19 Å². The number of nitriles is 1. The molecular formula is CH3CoN2+. The van der Waals surface area contributed by atoms with E-state index in [1.165, 1.54) is 6.19 Å². The summed E-state index contributed by atoms with van der Waals surface area (Å²) in [5.74, 6) is 0. The first-order valence-electron chi connectivity index (χ1n) is 0.512. The van der Waals surface area contributed by atoms with Crippen LogP contribution in [0, 0.1) is 11.5 Å². The van der Waals surface area contributed by atoms with E-state index in [4.69, 9.17) is 5.26 Å². The Kier molecular flexibility index (Phi) is 32.7. The standard InChI is InChI=1S/CH2N2.Co/c2-1-3;/h2H2;/p+1. The van der Waals surface area contributed by atoms with E-state index in [1.54, 1.807) is 0 Å². The van der Waals surface area contributed by atoms with Gasteiger partial charge >= 0.3 is 1.43 Å². The average molecular weight is 102 g/mol. The Balaban J connectivity index is -0.0000000200. The maximum absolute atomic E-state index is 7.10. The molecule has 0 heterocycles. The van der Waals surface area contributed by atoms with Crippen molar-refractivity contribution in [2.45, 2.75) is 0 Å². The summed E-state index contributed by atoms with van der Waals surface area (Å²) in [6, 6.07) is 0. The third-order valence-corrected chi connectivity index (χ3v) is 0. The van der Waals surface area contributed by atoms with E-state index in [-0.39, 0.29) is 18.2 Å². The van der Waals surface area contributed by atoms with Gasteiger partial charge in [0.25, 0.3) is 0 Å².